The molecule has 0 saturated carbocycles. The highest BCUT2D eigenvalue weighted by Crippen LogP contribution is 2.32. The van der Waals surface area contributed by atoms with Gasteiger partial charge >= 0.3 is 0 Å². The Morgan fingerprint density at radius 3 is 3.19 bits per heavy atom. The summed E-state index contributed by atoms with van der Waals surface area (Å²) < 4.78 is 5.47. The van der Waals surface area contributed by atoms with E-state index in [-0.39, 0.29) is 17.9 Å². The predicted molar refractivity (Wildman–Crippen MR) is 81.5 cm³/mol. The van der Waals surface area contributed by atoms with Crippen molar-refractivity contribution in [3.8, 4) is 0 Å². The van der Waals surface area contributed by atoms with Crippen LogP contribution in [0.2, 0.25) is 0 Å². The van der Waals surface area contributed by atoms with Crippen LogP contribution in [-0.4, -0.2) is 36.8 Å². The molecule has 1 aromatic rings. The van der Waals surface area contributed by atoms with Gasteiger partial charge in [-0.05, 0) is 30.5 Å². The normalized spacial score (nSPS) is 20.8. The number of carbonyl (C=O) groups is 2. The van der Waals surface area contributed by atoms with Crippen molar-refractivity contribution in [2.24, 2.45) is 0 Å². The quantitative estimate of drug-likeness (QED) is 0.886. The van der Waals surface area contributed by atoms with Crippen LogP contribution in [0.5, 0.6) is 0 Å². The summed E-state index contributed by atoms with van der Waals surface area (Å²) >= 11 is 1.52. The maximum atomic E-state index is 11.9. The number of hydrogen-bond acceptors (Lipinski definition) is 4. The molecule has 2 N–H and O–H groups in total. The molecule has 2 heterocycles. The lowest BCUT2D eigenvalue weighted by atomic mass is 10.1. The Bertz CT molecular complexity index is 556. The molecule has 3 rings (SSSR count). The van der Waals surface area contributed by atoms with Crippen molar-refractivity contribution in [2.75, 3.05) is 24.2 Å². The van der Waals surface area contributed by atoms with Crippen molar-refractivity contribution in [3.63, 3.8) is 0 Å². The molecule has 0 spiro atoms. The van der Waals surface area contributed by atoms with Gasteiger partial charge in [0.05, 0.1) is 24.0 Å². The Morgan fingerprint density at radius 2 is 2.38 bits per heavy atom. The standard InChI is InChI=1S/C15H18N2O3S/c18-14(16-8-11-2-1-5-20-11)7-10-3-4-13-12(6-10)17-15(19)9-21-13/h3-4,6,11H,1-2,5,7-9H2,(H,16,18)(H,17,19). The number of nitrogens with one attached hydrogen (secondary N) is 2. The van der Waals surface area contributed by atoms with Crippen molar-refractivity contribution in [1.29, 1.82) is 0 Å². The van der Waals surface area contributed by atoms with Gasteiger partial charge in [-0.2, -0.15) is 0 Å². The number of benzene rings is 1. The number of thioether (sulfide) groups is 1. The van der Waals surface area contributed by atoms with Crippen LogP contribution in [0.15, 0.2) is 23.1 Å². The van der Waals surface area contributed by atoms with Gasteiger partial charge in [0.2, 0.25) is 11.8 Å². The molecule has 21 heavy (non-hydrogen) atoms. The van der Waals surface area contributed by atoms with E-state index in [1.807, 2.05) is 18.2 Å². The third kappa shape index (κ3) is 3.77. The van der Waals surface area contributed by atoms with Crippen LogP contribution in [0.1, 0.15) is 18.4 Å². The van der Waals surface area contributed by atoms with Crippen LogP contribution in [0.3, 0.4) is 0 Å². The van der Waals surface area contributed by atoms with E-state index in [0.29, 0.717) is 18.7 Å². The lowest BCUT2D eigenvalue weighted by molar-refractivity contribution is -0.121. The predicted octanol–water partition coefficient (Wildman–Crippen LogP) is 1.57. The van der Waals surface area contributed by atoms with E-state index in [4.69, 9.17) is 4.74 Å². The summed E-state index contributed by atoms with van der Waals surface area (Å²) in [6, 6.07) is 5.78. The van der Waals surface area contributed by atoms with Gasteiger partial charge in [-0.15, -0.1) is 11.8 Å². The lowest BCUT2D eigenvalue weighted by Crippen LogP contribution is -2.32. The van der Waals surface area contributed by atoms with E-state index >= 15 is 0 Å². The Morgan fingerprint density at radius 1 is 1.48 bits per heavy atom. The second-order valence-electron chi connectivity index (χ2n) is 5.28. The van der Waals surface area contributed by atoms with Crippen molar-refractivity contribution in [3.05, 3.63) is 23.8 Å². The van der Waals surface area contributed by atoms with Crippen molar-refractivity contribution < 1.29 is 14.3 Å². The summed E-state index contributed by atoms with van der Waals surface area (Å²) in [6.07, 6.45) is 2.57. The van der Waals surface area contributed by atoms with E-state index in [1.165, 1.54) is 11.8 Å². The van der Waals surface area contributed by atoms with Crippen molar-refractivity contribution >= 4 is 29.3 Å². The minimum absolute atomic E-state index is 0.00693. The first kappa shape index (κ1) is 14.4. The third-order valence-corrected chi connectivity index (χ3v) is 4.67. The van der Waals surface area contributed by atoms with E-state index in [2.05, 4.69) is 10.6 Å². The number of carbonyl (C=O) groups excluding carboxylic acids is 2. The monoisotopic (exact) mass is 306 g/mol. The van der Waals surface area contributed by atoms with Crippen molar-refractivity contribution in [2.45, 2.75) is 30.3 Å². The molecule has 0 aromatic heterocycles. The molecule has 0 radical (unpaired) electrons. The summed E-state index contributed by atoms with van der Waals surface area (Å²) in [7, 11) is 0. The number of fused-ring (bicyclic) bond motifs is 1. The zero-order valence-electron chi connectivity index (χ0n) is 11.7. The Labute approximate surface area is 127 Å². The van der Waals surface area contributed by atoms with E-state index in [1.54, 1.807) is 0 Å². The van der Waals surface area contributed by atoms with E-state index in [0.717, 1.165) is 35.6 Å². The smallest absolute Gasteiger partial charge is 0.234 e. The van der Waals surface area contributed by atoms with Gasteiger partial charge < -0.3 is 15.4 Å². The molecule has 0 aliphatic carbocycles. The van der Waals surface area contributed by atoms with Gasteiger partial charge in [0.25, 0.3) is 0 Å². The average molecular weight is 306 g/mol. The molecule has 1 saturated heterocycles. The minimum atomic E-state index is -0.0137. The van der Waals surface area contributed by atoms with Gasteiger partial charge in [0, 0.05) is 18.0 Å². The molecule has 2 aliphatic heterocycles. The maximum absolute atomic E-state index is 11.9. The maximum Gasteiger partial charge on any atom is 0.234 e. The lowest BCUT2D eigenvalue weighted by Gasteiger charge is -2.17. The molecular formula is C15H18N2O3S. The van der Waals surface area contributed by atoms with Crippen LogP contribution in [0.25, 0.3) is 0 Å². The van der Waals surface area contributed by atoms with Crippen LogP contribution in [0, 0.1) is 0 Å². The summed E-state index contributed by atoms with van der Waals surface area (Å²) in [6.45, 7) is 1.37. The number of amides is 2. The molecule has 5 nitrogen and oxygen atoms in total. The molecule has 112 valence electrons. The number of ether oxygens (including phenoxy) is 1. The highest BCUT2D eigenvalue weighted by Gasteiger charge is 2.18. The van der Waals surface area contributed by atoms with E-state index < -0.39 is 0 Å². The van der Waals surface area contributed by atoms with Gasteiger partial charge in [0.15, 0.2) is 0 Å². The highest BCUT2D eigenvalue weighted by atomic mass is 32.2. The fourth-order valence-electron chi connectivity index (χ4n) is 2.52. The molecule has 1 fully saturated rings. The van der Waals surface area contributed by atoms with Crippen LogP contribution in [0.4, 0.5) is 5.69 Å². The number of anilines is 1. The second-order valence-corrected chi connectivity index (χ2v) is 6.30. The minimum Gasteiger partial charge on any atom is -0.376 e. The fraction of sp³-hybridized carbons (Fsp3) is 0.467. The van der Waals surface area contributed by atoms with Crippen LogP contribution in [-0.2, 0) is 20.7 Å². The fourth-order valence-corrected chi connectivity index (χ4v) is 3.31. The van der Waals surface area contributed by atoms with Crippen LogP contribution < -0.4 is 10.6 Å². The Balaban J connectivity index is 1.55. The molecule has 1 atom stereocenters. The molecule has 1 unspecified atom stereocenters. The molecule has 6 heteroatoms. The topological polar surface area (TPSA) is 67.4 Å². The summed E-state index contributed by atoms with van der Waals surface area (Å²) in [5.41, 5.74) is 1.71. The first-order chi connectivity index (χ1) is 10.2. The Hall–Kier alpha value is -1.53. The largest absolute Gasteiger partial charge is 0.376 e. The highest BCUT2D eigenvalue weighted by molar-refractivity contribution is 8.00. The van der Waals surface area contributed by atoms with Gasteiger partial charge in [-0.25, -0.2) is 0 Å². The summed E-state index contributed by atoms with van der Waals surface area (Å²) in [5.74, 6) is 0.446. The number of hydrogen-bond donors (Lipinski definition) is 2. The second kappa shape index (κ2) is 6.49. The summed E-state index contributed by atoms with van der Waals surface area (Å²) in [5, 5.41) is 5.74. The molecule has 2 aliphatic rings. The number of rotatable bonds is 4. The molecular weight excluding hydrogens is 288 g/mol. The average Bonchev–Trinajstić information content (AvgIpc) is 2.98. The van der Waals surface area contributed by atoms with E-state index in [9.17, 15) is 9.59 Å². The zero-order chi connectivity index (χ0) is 14.7. The van der Waals surface area contributed by atoms with Crippen molar-refractivity contribution in [1.82, 2.24) is 5.32 Å². The SMILES string of the molecule is O=C(Cc1ccc2c(c1)NC(=O)CS2)NCC1CCCO1. The van der Waals surface area contributed by atoms with Gasteiger partial charge in [-0.1, -0.05) is 6.07 Å². The summed E-state index contributed by atoms with van der Waals surface area (Å²) in [4.78, 5) is 24.4. The molecule has 2 amide bonds. The van der Waals surface area contributed by atoms with Gasteiger partial charge in [-0.3, -0.25) is 9.59 Å². The molecule has 0 bridgehead atoms. The molecule has 1 aromatic carbocycles. The van der Waals surface area contributed by atoms with Crippen LogP contribution >= 0.6 is 11.8 Å². The first-order valence-electron chi connectivity index (χ1n) is 7.14. The Kier molecular flexibility index (Phi) is 4.45. The third-order valence-electron chi connectivity index (χ3n) is 3.59. The zero-order valence-corrected chi connectivity index (χ0v) is 12.5. The first-order valence-corrected chi connectivity index (χ1v) is 8.13. The van der Waals surface area contributed by atoms with Gasteiger partial charge in [0.1, 0.15) is 0 Å².